The zero-order valence-corrected chi connectivity index (χ0v) is 22.0. The highest BCUT2D eigenvalue weighted by Crippen LogP contribution is 2.35. The summed E-state index contributed by atoms with van der Waals surface area (Å²) >= 11 is 0. The van der Waals surface area contributed by atoms with E-state index in [0.717, 1.165) is 30.4 Å². The third-order valence-corrected chi connectivity index (χ3v) is 9.21. The Kier molecular flexibility index (Phi) is 8.15. The fraction of sp³-hybridized carbons (Fsp3) is 0.500. The van der Waals surface area contributed by atoms with Crippen LogP contribution in [0, 0.1) is 17.8 Å². The lowest BCUT2D eigenvalue weighted by Gasteiger charge is -2.36. The van der Waals surface area contributed by atoms with Crippen molar-refractivity contribution >= 4 is 22.0 Å². The van der Waals surface area contributed by atoms with Gasteiger partial charge in [-0.3, -0.25) is 0 Å². The standard InChI is InChI=1S/C28H35NO6S/c1-19(2)25-12-11-20(3)15-26(25)35-27(30)18-34-28(31)22-9-6-10-24(16-22)36(32,33)29-14-13-21-7-4-5-8-23(21)17-29/h4-10,16,19-20,25-26H,11-15,17-18H2,1-3H3. The highest BCUT2D eigenvalue weighted by molar-refractivity contribution is 7.89. The number of hydrogen-bond acceptors (Lipinski definition) is 6. The molecule has 1 heterocycles. The van der Waals surface area contributed by atoms with Crippen molar-refractivity contribution in [2.24, 2.45) is 17.8 Å². The summed E-state index contributed by atoms with van der Waals surface area (Å²) in [5.74, 6) is -0.159. The molecule has 194 valence electrons. The van der Waals surface area contributed by atoms with Gasteiger partial charge in [0.15, 0.2) is 6.61 Å². The Morgan fingerprint density at radius 2 is 1.81 bits per heavy atom. The summed E-state index contributed by atoms with van der Waals surface area (Å²) in [5.41, 5.74) is 2.21. The van der Waals surface area contributed by atoms with Gasteiger partial charge in [-0.15, -0.1) is 0 Å². The Labute approximate surface area is 213 Å². The summed E-state index contributed by atoms with van der Waals surface area (Å²) < 4.78 is 38.8. The van der Waals surface area contributed by atoms with E-state index in [4.69, 9.17) is 9.47 Å². The SMILES string of the molecule is CC1CCC(C(C)C)C(OC(=O)COC(=O)c2cccc(S(=O)(=O)N3CCc4ccccc4C3)c2)C1. The highest BCUT2D eigenvalue weighted by Gasteiger charge is 2.34. The molecular weight excluding hydrogens is 478 g/mol. The summed E-state index contributed by atoms with van der Waals surface area (Å²) in [6.07, 6.45) is 3.40. The fourth-order valence-electron chi connectivity index (χ4n) is 5.27. The number of carbonyl (C=O) groups is 2. The maximum atomic E-state index is 13.3. The van der Waals surface area contributed by atoms with Gasteiger partial charge in [-0.25, -0.2) is 18.0 Å². The molecule has 1 aliphatic carbocycles. The van der Waals surface area contributed by atoms with Crippen molar-refractivity contribution < 1.29 is 27.5 Å². The molecule has 2 aromatic rings. The maximum absolute atomic E-state index is 13.3. The van der Waals surface area contributed by atoms with Crippen molar-refractivity contribution in [3.05, 3.63) is 65.2 Å². The van der Waals surface area contributed by atoms with Gasteiger partial charge in [0.25, 0.3) is 0 Å². The van der Waals surface area contributed by atoms with Crippen molar-refractivity contribution in [2.75, 3.05) is 13.2 Å². The summed E-state index contributed by atoms with van der Waals surface area (Å²) in [6, 6.07) is 13.6. The Hall–Kier alpha value is -2.71. The van der Waals surface area contributed by atoms with Crippen LogP contribution < -0.4 is 0 Å². The van der Waals surface area contributed by atoms with Crippen LogP contribution in [0.5, 0.6) is 0 Å². The smallest absolute Gasteiger partial charge is 0.344 e. The minimum atomic E-state index is -3.80. The van der Waals surface area contributed by atoms with Crippen LogP contribution in [0.1, 0.15) is 61.5 Å². The van der Waals surface area contributed by atoms with Gasteiger partial charge in [-0.2, -0.15) is 4.31 Å². The largest absolute Gasteiger partial charge is 0.460 e. The summed E-state index contributed by atoms with van der Waals surface area (Å²) in [6.45, 7) is 6.57. The number of nitrogens with zero attached hydrogens (tertiary/aromatic N) is 1. The number of hydrogen-bond donors (Lipinski definition) is 0. The third-order valence-electron chi connectivity index (χ3n) is 7.37. The lowest BCUT2D eigenvalue weighted by Crippen LogP contribution is -2.36. The van der Waals surface area contributed by atoms with E-state index in [1.807, 2.05) is 24.3 Å². The van der Waals surface area contributed by atoms with Gasteiger partial charge < -0.3 is 9.47 Å². The van der Waals surface area contributed by atoms with Crippen LogP contribution in [0.15, 0.2) is 53.4 Å². The number of rotatable bonds is 7. The molecule has 1 saturated carbocycles. The molecule has 7 nitrogen and oxygen atoms in total. The number of benzene rings is 2. The molecule has 0 radical (unpaired) electrons. The minimum absolute atomic E-state index is 0.0230. The van der Waals surface area contributed by atoms with Gasteiger partial charge in [0.2, 0.25) is 10.0 Å². The quantitative estimate of drug-likeness (QED) is 0.503. The van der Waals surface area contributed by atoms with E-state index in [-0.39, 0.29) is 23.1 Å². The third kappa shape index (κ3) is 5.98. The van der Waals surface area contributed by atoms with E-state index in [9.17, 15) is 18.0 Å². The molecule has 0 N–H and O–H groups in total. The van der Waals surface area contributed by atoms with Crippen LogP contribution in [0.3, 0.4) is 0 Å². The second-order valence-corrected chi connectivity index (χ2v) is 12.3. The predicted octanol–water partition coefficient (Wildman–Crippen LogP) is 4.59. The van der Waals surface area contributed by atoms with Crippen molar-refractivity contribution in [2.45, 2.75) is 64.0 Å². The summed E-state index contributed by atoms with van der Waals surface area (Å²) in [4.78, 5) is 25.1. The molecule has 2 aliphatic rings. The van der Waals surface area contributed by atoms with E-state index >= 15 is 0 Å². The second kappa shape index (κ2) is 11.1. The van der Waals surface area contributed by atoms with Crippen LogP contribution in [0.2, 0.25) is 0 Å². The van der Waals surface area contributed by atoms with E-state index in [1.54, 1.807) is 0 Å². The van der Waals surface area contributed by atoms with E-state index in [1.165, 1.54) is 28.6 Å². The van der Waals surface area contributed by atoms with Crippen molar-refractivity contribution in [1.29, 1.82) is 0 Å². The summed E-state index contributed by atoms with van der Waals surface area (Å²) in [5, 5.41) is 0. The normalized spacial score (nSPS) is 22.6. The molecule has 2 aromatic carbocycles. The first-order valence-electron chi connectivity index (χ1n) is 12.7. The van der Waals surface area contributed by atoms with Crippen molar-refractivity contribution in [3.63, 3.8) is 0 Å². The molecular formula is C28H35NO6S. The first kappa shape index (κ1) is 26.4. The first-order chi connectivity index (χ1) is 17.1. The fourth-order valence-corrected chi connectivity index (χ4v) is 6.73. The number of ether oxygens (including phenoxy) is 2. The van der Waals surface area contributed by atoms with Gasteiger partial charge in [0, 0.05) is 13.1 Å². The van der Waals surface area contributed by atoms with Gasteiger partial charge >= 0.3 is 11.9 Å². The minimum Gasteiger partial charge on any atom is -0.460 e. The van der Waals surface area contributed by atoms with Crippen molar-refractivity contribution in [1.82, 2.24) is 4.31 Å². The van der Waals surface area contributed by atoms with Crippen LogP contribution >= 0.6 is 0 Å². The van der Waals surface area contributed by atoms with Gasteiger partial charge in [0.1, 0.15) is 6.10 Å². The predicted molar refractivity (Wildman–Crippen MR) is 136 cm³/mol. The number of carbonyl (C=O) groups excluding carboxylic acids is 2. The zero-order chi connectivity index (χ0) is 25.9. The van der Waals surface area contributed by atoms with Gasteiger partial charge in [-0.1, -0.05) is 57.5 Å². The highest BCUT2D eigenvalue weighted by atomic mass is 32.2. The molecule has 3 unspecified atom stereocenters. The molecule has 8 heteroatoms. The Morgan fingerprint density at radius 3 is 2.56 bits per heavy atom. The maximum Gasteiger partial charge on any atom is 0.344 e. The molecule has 36 heavy (non-hydrogen) atoms. The van der Waals surface area contributed by atoms with E-state index in [2.05, 4.69) is 20.8 Å². The van der Waals surface area contributed by atoms with Crippen LogP contribution in [0.25, 0.3) is 0 Å². The van der Waals surface area contributed by atoms with Crippen LogP contribution in [-0.2, 0) is 37.3 Å². The van der Waals surface area contributed by atoms with E-state index < -0.39 is 28.6 Å². The van der Waals surface area contributed by atoms with Crippen molar-refractivity contribution in [3.8, 4) is 0 Å². The molecule has 1 aliphatic heterocycles. The number of sulfonamides is 1. The van der Waals surface area contributed by atoms with Gasteiger partial charge in [-0.05, 0) is 66.3 Å². The van der Waals surface area contributed by atoms with Crippen LogP contribution in [0.4, 0.5) is 0 Å². The van der Waals surface area contributed by atoms with Crippen LogP contribution in [-0.4, -0.2) is 43.9 Å². The average molecular weight is 514 g/mol. The van der Waals surface area contributed by atoms with E-state index in [0.29, 0.717) is 30.7 Å². The average Bonchev–Trinajstić information content (AvgIpc) is 2.87. The first-order valence-corrected chi connectivity index (χ1v) is 14.1. The molecule has 0 saturated heterocycles. The zero-order valence-electron chi connectivity index (χ0n) is 21.2. The summed E-state index contributed by atoms with van der Waals surface area (Å²) in [7, 11) is -3.80. The lowest BCUT2D eigenvalue weighted by molar-refractivity contribution is -0.159. The molecule has 0 amide bonds. The monoisotopic (exact) mass is 513 g/mol. The topological polar surface area (TPSA) is 90.0 Å². The Morgan fingerprint density at radius 1 is 1.06 bits per heavy atom. The molecule has 0 spiro atoms. The molecule has 3 atom stereocenters. The molecule has 4 rings (SSSR count). The molecule has 1 fully saturated rings. The Bertz CT molecular complexity index is 1210. The number of esters is 2. The Balaban J connectivity index is 1.38. The van der Waals surface area contributed by atoms with Gasteiger partial charge in [0.05, 0.1) is 10.5 Å². The second-order valence-electron chi connectivity index (χ2n) is 10.3. The number of fused-ring (bicyclic) bond motifs is 1. The molecule has 0 bridgehead atoms. The molecule has 0 aromatic heterocycles. The lowest BCUT2D eigenvalue weighted by atomic mass is 9.75.